The van der Waals surface area contributed by atoms with Crippen LogP contribution in [0.15, 0.2) is 10.9 Å². The van der Waals surface area contributed by atoms with Crippen LogP contribution in [0, 0.1) is 12.7 Å². The number of halogens is 2. The summed E-state index contributed by atoms with van der Waals surface area (Å²) in [5, 5.41) is 3.20. The van der Waals surface area contributed by atoms with E-state index in [4.69, 9.17) is 0 Å². The molecule has 3 heterocycles. The first-order valence-electron chi connectivity index (χ1n) is 7.56. The summed E-state index contributed by atoms with van der Waals surface area (Å²) in [5.74, 6) is -0.381. The molecular formula is C15H15FIN5O2. The summed E-state index contributed by atoms with van der Waals surface area (Å²) in [5.41, 5.74) is 0.609. The normalized spacial score (nSPS) is 20.8. The fraction of sp³-hybridized carbons (Fsp3) is 0.400. The van der Waals surface area contributed by atoms with Gasteiger partial charge in [0.15, 0.2) is 5.82 Å². The van der Waals surface area contributed by atoms with Crippen molar-refractivity contribution in [2.45, 2.75) is 13.0 Å². The monoisotopic (exact) mass is 443 g/mol. The van der Waals surface area contributed by atoms with Gasteiger partial charge in [-0.2, -0.15) is 4.98 Å². The number of aromatic nitrogens is 2. The minimum absolute atomic E-state index is 0.111. The second-order valence-corrected chi connectivity index (χ2v) is 7.20. The molecule has 0 radical (unpaired) electrons. The van der Waals surface area contributed by atoms with E-state index in [9.17, 15) is 14.0 Å². The van der Waals surface area contributed by atoms with Crippen LogP contribution in [-0.2, 0) is 4.79 Å². The summed E-state index contributed by atoms with van der Waals surface area (Å²) in [4.78, 5) is 33.0. The van der Waals surface area contributed by atoms with E-state index >= 15 is 0 Å². The number of amides is 1. The Morgan fingerprint density at radius 3 is 2.88 bits per heavy atom. The zero-order valence-corrected chi connectivity index (χ0v) is 15.3. The smallest absolute Gasteiger partial charge is 0.341 e. The molecule has 0 bridgehead atoms. The van der Waals surface area contributed by atoms with Crippen LogP contribution in [0.3, 0.4) is 0 Å². The molecule has 4 rings (SSSR count). The first kappa shape index (κ1) is 15.8. The maximum absolute atomic E-state index is 14.7. The average Bonchev–Trinajstić information content (AvgIpc) is 2.66. The molecule has 0 aliphatic carbocycles. The number of anilines is 2. The highest BCUT2D eigenvalue weighted by Crippen LogP contribution is 2.38. The Kier molecular flexibility index (Phi) is 3.53. The lowest BCUT2D eigenvalue weighted by Crippen LogP contribution is -2.56. The van der Waals surface area contributed by atoms with Gasteiger partial charge < -0.3 is 15.1 Å². The largest absolute Gasteiger partial charge is 0.359 e. The van der Waals surface area contributed by atoms with Crippen molar-refractivity contribution in [1.82, 2.24) is 12.7 Å². The van der Waals surface area contributed by atoms with Crippen molar-refractivity contribution in [1.29, 1.82) is 0 Å². The Morgan fingerprint density at radius 2 is 2.12 bits per heavy atom. The molecule has 1 N–H and O–H groups in total. The second kappa shape index (κ2) is 5.38. The van der Waals surface area contributed by atoms with Crippen LogP contribution in [0.25, 0.3) is 10.9 Å². The molecule has 24 heavy (non-hydrogen) atoms. The van der Waals surface area contributed by atoms with Crippen LogP contribution in [-0.4, -0.2) is 51.3 Å². The van der Waals surface area contributed by atoms with Gasteiger partial charge in [-0.3, -0.25) is 4.79 Å². The second-order valence-electron chi connectivity index (χ2n) is 6.24. The van der Waals surface area contributed by atoms with E-state index in [1.807, 2.05) is 39.7 Å². The average molecular weight is 443 g/mol. The number of nitrogens with one attached hydrogen (secondary N) is 1. The van der Waals surface area contributed by atoms with Crippen LogP contribution in [0.2, 0.25) is 0 Å². The van der Waals surface area contributed by atoms with Crippen LogP contribution < -0.4 is 15.9 Å². The van der Waals surface area contributed by atoms with Crippen molar-refractivity contribution in [2.75, 3.05) is 36.9 Å². The van der Waals surface area contributed by atoms with Crippen LogP contribution >= 0.6 is 22.9 Å². The number of hydrogen-bond acceptors (Lipinski definition) is 5. The zero-order valence-electron chi connectivity index (χ0n) is 13.1. The number of rotatable bonds is 0. The molecule has 9 heteroatoms. The molecule has 2 aliphatic rings. The third kappa shape index (κ3) is 2.14. The van der Waals surface area contributed by atoms with Crippen molar-refractivity contribution >= 4 is 51.2 Å². The fourth-order valence-corrected chi connectivity index (χ4v) is 3.87. The summed E-state index contributed by atoms with van der Waals surface area (Å²) >= 11 is 1.85. The summed E-state index contributed by atoms with van der Waals surface area (Å²) in [6, 6.07) is 1.12. The number of fused-ring (bicyclic) bond motifs is 2. The molecule has 1 aromatic carbocycles. The molecule has 1 unspecified atom stereocenters. The Labute approximate surface area is 150 Å². The topological polar surface area (TPSA) is 70.5 Å². The van der Waals surface area contributed by atoms with Gasteiger partial charge in [0, 0.05) is 19.6 Å². The SMILES string of the molecule is Cc1cc2c3c(nc(=O)n2I)N2CCN(C)CC2C(=O)Nc3c1F. The standard InChI is InChI=1S/C15H15FIN5O2/c1-7-5-8-10-12(11(7)16)18-14(23)9-6-20(2)3-4-21(9)13(10)19-15(24)22(8)17/h5,9H,3-4,6H2,1-2H3,(H,18,23). The van der Waals surface area contributed by atoms with E-state index in [0.717, 1.165) is 6.54 Å². The maximum Gasteiger partial charge on any atom is 0.359 e. The van der Waals surface area contributed by atoms with Gasteiger partial charge in [0.1, 0.15) is 11.9 Å². The predicted molar refractivity (Wildman–Crippen MR) is 97.4 cm³/mol. The number of carbonyl (C=O) groups excluding carboxylic acids is 1. The van der Waals surface area contributed by atoms with E-state index in [-0.39, 0.29) is 11.6 Å². The van der Waals surface area contributed by atoms with Gasteiger partial charge in [0.25, 0.3) is 0 Å². The van der Waals surface area contributed by atoms with Gasteiger partial charge in [-0.15, -0.1) is 0 Å². The van der Waals surface area contributed by atoms with E-state index in [1.54, 1.807) is 13.0 Å². The molecular weight excluding hydrogens is 428 g/mol. The molecule has 1 saturated heterocycles. The van der Waals surface area contributed by atoms with Gasteiger partial charge in [0.2, 0.25) is 5.91 Å². The first-order chi connectivity index (χ1) is 11.4. The predicted octanol–water partition coefficient (Wildman–Crippen LogP) is 1.11. The summed E-state index contributed by atoms with van der Waals surface area (Å²) in [6.07, 6.45) is 0. The van der Waals surface area contributed by atoms with Gasteiger partial charge in [-0.1, -0.05) is 0 Å². The van der Waals surface area contributed by atoms with Gasteiger partial charge >= 0.3 is 5.69 Å². The molecule has 1 atom stereocenters. The molecule has 7 nitrogen and oxygen atoms in total. The van der Waals surface area contributed by atoms with E-state index in [0.29, 0.717) is 35.4 Å². The fourth-order valence-electron chi connectivity index (χ4n) is 3.38. The Bertz CT molecular complexity index is 944. The van der Waals surface area contributed by atoms with Crippen LogP contribution in [0.1, 0.15) is 5.56 Å². The zero-order chi connectivity index (χ0) is 17.2. The third-order valence-corrected chi connectivity index (χ3v) is 5.57. The van der Waals surface area contributed by atoms with Crippen molar-refractivity contribution in [3.63, 3.8) is 0 Å². The quantitative estimate of drug-likeness (QED) is 0.619. The van der Waals surface area contributed by atoms with Gasteiger partial charge in [0.05, 0.1) is 39.5 Å². The Hall–Kier alpha value is -1.75. The molecule has 2 aromatic rings. The molecule has 1 fully saturated rings. The highest BCUT2D eigenvalue weighted by Gasteiger charge is 2.37. The molecule has 0 saturated carbocycles. The van der Waals surface area contributed by atoms with Crippen molar-refractivity contribution in [3.8, 4) is 0 Å². The van der Waals surface area contributed by atoms with Crippen molar-refractivity contribution < 1.29 is 9.18 Å². The molecule has 2 aliphatic heterocycles. The van der Waals surface area contributed by atoms with E-state index < -0.39 is 17.5 Å². The lowest BCUT2D eigenvalue weighted by atomic mass is 10.1. The highest BCUT2D eigenvalue weighted by molar-refractivity contribution is 14.1. The molecule has 1 amide bonds. The van der Waals surface area contributed by atoms with Crippen molar-refractivity contribution in [3.05, 3.63) is 27.9 Å². The number of piperazine rings is 1. The third-order valence-electron chi connectivity index (χ3n) is 4.64. The number of benzene rings is 1. The number of hydrogen-bond donors (Lipinski definition) is 1. The molecule has 1 aromatic heterocycles. The summed E-state index contributed by atoms with van der Waals surface area (Å²) in [6.45, 7) is 3.40. The van der Waals surface area contributed by atoms with Gasteiger partial charge in [-0.25, -0.2) is 12.0 Å². The van der Waals surface area contributed by atoms with E-state index in [2.05, 4.69) is 10.3 Å². The molecule has 0 spiro atoms. The maximum atomic E-state index is 14.7. The van der Waals surface area contributed by atoms with Crippen molar-refractivity contribution in [2.24, 2.45) is 0 Å². The number of nitrogens with zero attached hydrogens (tertiary/aromatic N) is 4. The number of aryl methyl sites for hydroxylation is 1. The Morgan fingerprint density at radius 1 is 1.38 bits per heavy atom. The first-order valence-corrected chi connectivity index (χ1v) is 8.53. The lowest BCUT2D eigenvalue weighted by Gasteiger charge is -2.38. The summed E-state index contributed by atoms with van der Waals surface area (Å²) in [7, 11) is 1.93. The minimum atomic E-state index is -0.504. The number of likely N-dealkylation sites (N-methyl/N-ethyl adjacent to an activating group) is 1. The minimum Gasteiger partial charge on any atom is -0.341 e. The van der Waals surface area contributed by atoms with Crippen LogP contribution in [0.4, 0.5) is 15.9 Å². The Balaban J connectivity index is 2.10. The van der Waals surface area contributed by atoms with Crippen LogP contribution in [0.5, 0.6) is 0 Å². The summed E-state index contributed by atoms with van der Waals surface area (Å²) < 4.78 is 16.1. The van der Waals surface area contributed by atoms with E-state index in [1.165, 1.54) is 2.78 Å². The van der Waals surface area contributed by atoms with Gasteiger partial charge in [-0.05, 0) is 25.6 Å². The number of carbonyl (C=O) groups is 1. The lowest BCUT2D eigenvalue weighted by molar-refractivity contribution is -0.118. The molecule has 126 valence electrons. The highest BCUT2D eigenvalue weighted by atomic mass is 127.